The average Bonchev–Trinajstić information content (AvgIpc) is 3.08. The number of carboxylic acids is 1. The normalized spacial score (nSPS) is 34.8. The molecule has 0 radical (unpaired) electrons. The number of carbonyl (C=O) groups is 3. The van der Waals surface area contributed by atoms with Crippen molar-refractivity contribution in [2.45, 2.75) is 127 Å². The van der Waals surface area contributed by atoms with E-state index in [0.717, 1.165) is 70.6 Å². The minimum absolute atomic E-state index is 0.0432. The first-order chi connectivity index (χ1) is 22.8. The van der Waals surface area contributed by atoms with Crippen LogP contribution in [0.15, 0.2) is 0 Å². The van der Waals surface area contributed by atoms with Crippen molar-refractivity contribution < 1.29 is 53.6 Å². The summed E-state index contributed by atoms with van der Waals surface area (Å²) in [6.45, 7) is 1.94. The van der Waals surface area contributed by atoms with Crippen molar-refractivity contribution in [2.75, 3.05) is 40.6 Å². The molecule has 4 N–H and O–H groups in total. The van der Waals surface area contributed by atoms with E-state index in [9.17, 15) is 19.5 Å². The van der Waals surface area contributed by atoms with Crippen LogP contribution < -0.4 is 10.6 Å². The van der Waals surface area contributed by atoms with Gasteiger partial charge in [-0.3, -0.25) is 19.6 Å². The molecule has 0 saturated heterocycles. The van der Waals surface area contributed by atoms with Crippen molar-refractivity contribution in [3.8, 4) is 0 Å². The minimum Gasteiger partial charge on any atom is -0.481 e. The van der Waals surface area contributed by atoms with Crippen LogP contribution in [0, 0.1) is 29.6 Å². The average molecular weight is 671 g/mol. The number of hydrogen-bond donors (Lipinski definition) is 4. The summed E-state index contributed by atoms with van der Waals surface area (Å²) in [6, 6.07) is 0.512. The van der Waals surface area contributed by atoms with Gasteiger partial charge in [-0.05, 0) is 102 Å². The fraction of sp³-hybridized carbons (Fsp3) is 0.912. The van der Waals surface area contributed by atoms with E-state index in [1.807, 2.05) is 0 Å². The molecule has 0 bridgehead atoms. The van der Waals surface area contributed by atoms with Crippen LogP contribution in [0.25, 0.3) is 0 Å². The number of hydrogen-bond acceptors (Lipinski definition) is 11. The maximum Gasteiger partial charge on any atom is 0.308 e. The Morgan fingerprint density at radius 2 is 1.40 bits per heavy atom. The molecule has 0 aromatic rings. The molecule has 6 unspecified atom stereocenters. The van der Waals surface area contributed by atoms with Gasteiger partial charge in [-0.1, -0.05) is 0 Å². The molecule has 4 aliphatic carbocycles. The Morgan fingerprint density at radius 1 is 0.745 bits per heavy atom. The van der Waals surface area contributed by atoms with Crippen molar-refractivity contribution in [3.05, 3.63) is 0 Å². The lowest BCUT2D eigenvalue weighted by Gasteiger charge is -2.39. The van der Waals surface area contributed by atoms with Crippen LogP contribution in [0.1, 0.15) is 96.3 Å². The molecule has 0 aliphatic heterocycles. The topological polar surface area (TPSA) is 171 Å². The van der Waals surface area contributed by atoms with Crippen molar-refractivity contribution in [2.24, 2.45) is 29.6 Å². The zero-order valence-corrected chi connectivity index (χ0v) is 28.3. The number of rotatable bonds is 17. The molecule has 0 aromatic heterocycles. The first kappa shape index (κ1) is 37.9. The van der Waals surface area contributed by atoms with E-state index in [-0.39, 0.29) is 60.5 Å². The first-order valence-corrected chi connectivity index (χ1v) is 17.8. The standard InChI is InChI=1S/C34H58N2O11/c1-42-34(40)23-5-6-24(21-46-41)31(19-23)35-25-7-11-27(12-8-25)44-16-3-17-45-28-13-9-26(10-14-28)36-32(37)30-18-22(20-47-43-2)4-15-29(30)33(38)39/h22-31,35,41H,3-21H2,1-2H3,(H,36,37)(H,38,39). The van der Waals surface area contributed by atoms with Crippen LogP contribution in [0.4, 0.5) is 0 Å². The Kier molecular flexibility index (Phi) is 16.1. The fourth-order valence-corrected chi connectivity index (χ4v) is 8.21. The Bertz CT molecular complexity index is 954. The monoisotopic (exact) mass is 670 g/mol. The third-order valence-corrected chi connectivity index (χ3v) is 11.0. The van der Waals surface area contributed by atoms with E-state index in [1.54, 1.807) is 0 Å². The molecule has 13 heteroatoms. The van der Waals surface area contributed by atoms with E-state index in [1.165, 1.54) is 14.2 Å². The van der Waals surface area contributed by atoms with Gasteiger partial charge in [0.1, 0.15) is 0 Å². The van der Waals surface area contributed by atoms with E-state index < -0.39 is 17.8 Å². The summed E-state index contributed by atoms with van der Waals surface area (Å²) >= 11 is 0. The van der Waals surface area contributed by atoms with Gasteiger partial charge in [0.2, 0.25) is 5.91 Å². The first-order valence-electron chi connectivity index (χ1n) is 17.8. The van der Waals surface area contributed by atoms with Crippen LogP contribution in [-0.4, -0.2) is 99.2 Å². The van der Waals surface area contributed by atoms with Crippen LogP contribution in [0.2, 0.25) is 0 Å². The predicted octanol–water partition coefficient (Wildman–Crippen LogP) is 3.88. The van der Waals surface area contributed by atoms with Crippen LogP contribution in [0.5, 0.6) is 0 Å². The Morgan fingerprint density at radius 3 is 2.00 bits per heavy atom. The zero-order valence-electron chi connectivity index (χ0n) is 28.3. The van der Waals surface area contributed by atoms with Gasteiger partial charge < -0.3 is 30.0 Å². The van der Waals surface area contributed by atoms with Gasteiger partial charge in [-0.2, -0.15) is 0 Å². The Labute approximate surface area is 278 Å². The number of amides is 1. The zero-order chi connectivity index (χ0) is 33.6. The second-order valence-corrected chi connectivity index (χ2v) is 14.1. The highest BCUT2D eigenvalue weighted by Crippen LogP contribution is 2.36. The van der Waals surface area contributed by atoms with Gasteiger partial charge in [-0.15, -0.1) is 0 Å². The summed E-state index contributed by atoms with van der Waals surface area (Å²) < 4.78 is 17.3. The highest BCUT2D eigenvalue weighted by molar-refractivity contribution is 5.85. The predicted molar refractivity (Wildman–Crippen MR) is 170 cm³/mol. The van der Waals surface area contributed by atoms with Crippen molar-refractivity contribution in [3.63, 3.8) is 0 Å². The van der Waals surface area contributed by atoms with E-state index >= 15 is 0 Å². The van der Waals surface area contributed by atoms with Gasteiger partial charge in [-0.25, -0.2) is 14.7 Å². The Balaban J connectivity index is 1.06. The molecule has 13 nitrogen and oxygen atoms in total. The van der Waals surface area contributed by atoms with E-state index in [0.29, 0.717) is 51.5 Å². The lowest BCUT2D eigenvalue weighted by molar-refractivity contribution is -0.281. The van der Waals surface area contributed by atoms with Crippen molar-refractivity contribution in [1.29, 1.82) is 0 Å². The van der Waals surface area contributed by atoms with Gasteiger partial charge >= 0.3 is 11.9 Å². The molecule has 0 spiro atoms. The number of ether oxygens (including phenoxy) is 3. The molecule has 0 heterocycles. The van der Waals surface area contributed by atoms with Gasteiger partial charge in [0.15, 0.2) is 0 Å². The van der Waals surface area contributed by atoms with Gasteiger partial charge in [0, 0.05) is 37.3 Å². The quantitative estimate of drug-likeness (QED) is 0.0763. The minimum atomic E-state index is -0.906. The molecule has 4 aliphatic rings. The number of methoxy groups -OCH3 is 1. The molecule has 1 amide bonds. The maximum absolute atomic E-state index is 13.1. The second kappa shape index (κ2) is 20.0. The molecule has 0 aromatic carbocycles. The summed E-state index contributed by atoms with van der Waals surface area (Å²) in [5.74, 6) is -2.26. The van der Waals surface area contributed by atoms with Crippen LogP contribution >= 0.6 is 0 Å². The van der Waals surface area contributed by atoms with Gasteiger partial charge in [0.25, 0.3) is 0 Å². The molecule has 4 rings (SSSR count). The number of aliphatic carboxylic acids is 1. The Hall–Kier alpha value is -1.87. The highest BCUT2D eigenvalue weighted by atomic mass is 17.2. The largest absolute Gasteiger partial charge is 0.481 e. The summed E-state index contributed by atoms with van der Waals surface area (Å²) in [6.07, 6.45) is 12.6. The lowest BCUT2D eigenvalue weighted by Crippen LogP contribution is -2.49. The molecule has 270 valence electrons. The van der Waals surface area contributed by atoms with Crippen LogP contribution in [0.3, 0.4) is 0 Å². The molecular weight excluding hydrogens is 612 g/mol. The number of nitrogens with one attached hydrogen (secondary N) is 2. The van der Waals surface area contributed by atoms with Crippen LogP contribution in [-0.2, 0) is 43.3 Å². The third kappa shape index (κ3) is 11.9. The SMILES string of the molecule is COOCC1CCC(C(=O)O)C(C(=O)NC2CCC(OCCCOC3CCC(NC4CC(C(=O)OC)CCC4COO)CC3)CC2)C1. The van der Waals surface area contributed by atoms with Crippen molar-refractivity contribution in [1.82, 2.24) is 10.6 Å². The smallest absolute Gasteiger partial charge is 0.308 e. The highest BCUT2D eigenvalue weighted by Gasteiger charge is 2.40. The summed E-state index contributed by atoms with van der Waals surface area (Å²) in [5.41, 5.74) is 0. The van der Waals surface area contributed by atoms with E-state index in [4.69, 9.17) is 29.2 Å². The number of carbonyl (C=O) groups excluding carboxylic acids is 2. The second-order valence-electron chi connectivity index (χ2n) is 14.1. The number of esters is 1. The van der Waals surface area contributed by atoms with E-state index in [2.05, 4.69) is 15.5 Å². The summed E-state index contributed by atoms with van der Waals surface area (Å²) in [5, 5.41) is 25.6. The summed E-state index contributed by atoms with van der Waals surface area (Å²) in [7, 11) is 2.88. The van der Waals surface area contributed by atoms with Crippen molar-refractivity contribution >= 4 is 17.8 Å². The van der Waals surface area contributed by atoms with Gasteiger partial charge in [0.05, 0.1) is 57.4 Å². The molecule has 4 saturated carbocycles. The molecular formula is C34H58N2O11. The third-order valence-electron chi connectivity index (χ3n) is 11.0. The molecule has 6 atom stereocenters. The number of carboxylic acid groups (broad SMARTS) is 1. The maximum atomic E-state index is 13.1. The molecule has 4 fully saturated rings. The fourth-order valence-electron chi connectivity index (χ4n) is 8.21. The molecule has 47 heavy (non-hydrogen) atoms. The lowest BCUT2D eigenvalue weighted by atomic mass is 9.73. The summed E-state index contributed by atoms with van der Waals surface area (Å²) in [4.78, 5) is 51.3.